The quantitative estimate of drug-likeness (QED) is 0.205. The minimum Gasteiger partial charge on any atom is -0.456 e. The van der Waals surface area contributed by atoms with E-state index >= 15 is 4.57 Å². The van der Waals surface area contributed by atoms with E-state index in [1.165, 1.54) is 21.8 Å². The SMILES string of the molecule is O=P12c3ccccc3Oc3cccc(c31)Oc1ccc(-c3ccc(-n4c5ccccc5c5ccccc54)cc3)cc12. The van der Waals surface area contributed by atoms with Crippen LogP contribution in [0.3, 0.4) is 0 Å². The van der Waals surface area contributed by atoms with Crippen molar-refractivity contribution in [3.05, 3.63) is 133 Å². The van der Waals surface area contributed by atoms with Crippen LogP contribution < -0.4 is 25.4 Å². The van der Waals surface area contributed by atoms with Gasteiger partial charge < -0.3 is 18.6 Å². The maximum absolute atomic E-state index is 15.2. The van der Waals surface area contributed by atoms with Gasteiger partial charge in [-0.3, -0.25) is 0 Å². The summed E-state index contributed by atoms with van der Waals surface area (Å²) in [4.78, 5) is 0. The topological polar surface area (TPSA) is 40.5 Å². The molecule has 5 heteroatoms. The fourth-order valence-electron chi connectivity index (χ4n) is 6.42. The molecule has 4 nitrogen and oxygen atoms in total. The van der Waals surface area contributed by atoms with Crippen molar-refractivity contribution < 1.29 is 14.0 Å². The molecule has 1 atom stereocenters. The molecule has 9 rings (SSSR count). The monoisotopic (exact) mass is 547 g/mol. The smallest absolute Gasteiger partial charge is 0.185 e. The Balaban J connectivity index is 1.19. The van der Waals surface area contributed by atoms with E-state index in [0.717, 1.165) is 16.8 Å². The van der Waals surface area contributed by atoms with E-state index in [9.17, 15) is 0 Å². The first kappa shape index (κ1) is 22.7. The Labute approximate surface area is 236 Å². The Morgan fingerprint density at radius 1 is 0.488 bits per heavy atom. The van der Waals surface area contributed by atoms with Crippen molar-refractivity contribution in [1.29, 1.82) is 0 Å². The summed E-state index contributed by atoms with van der Waals surface area (Å²) in [5, 5.41) is 4.54. The van der Waals surface area contributed by atoms with Crippen molar-refractivity contribution >= 4 is 44.9 Å². The number of para-hydroxylation sites is 3. The summed E-state index contributed by atoms with van der Waals surface area (Å²) in [7, 11) is -3.22. The minimum atomic E-state index is -3.22. The van der Waals surface area contributed by atoms with E-state index in [2.05, 4.69) is 77.4 Å². The first-order valence-corrected chi connectivity index (χ1v) is 15.3. The van der Waals surface area contributed by atoms with Crippen LogP contribution in [0.1, 0.15) is 0 Å². The van der Waals surface area contributed by atoms with Gasteiger partial charge in [-0.25, -0.2) is 0 Å². The number of fused-ring (bicyclic) bond motifs is 7. The maximum atomic E-state index is 15.2. The lowest BCUT2D eigenvalue weighted by atomic mass is 10.0. The molecule has 7 aromatic rings. The van der Waals surface area contributed by atoms with Gasteiger partial charge in [0, 0.05) is 16.5 Å². The number of hydrogen-bond donors (Lipinski definition) is 0. The van der Waals surface area contributed by atoms with Crippen LogP contribution in [-0.4, -0.2) is 4.57 Å². The molecule has 41 heavy (non-hydrogen) atoms. The lowest BCUT2D eigenvalue weighted by Crippen LogP contribution is -2.35. The van der Waals surface area contributed by atoms with Gasteiger partial charge in [0.1, 0.15) is 28.3 Å². The largest absolute Gasteiger partial charge is 0.456 e. The molecule has 0 spiro atoms. The molecule has 2 aliphatic rings. The summed E-state index contributed by atoms with van der Waals surface area (Å²) >= 11 is 0. The standard InChI is InChI=1S/C36H22NO3P/c38-41-34-15-6-5-12-30(34)39-32-13-7-14-33(36(32)41)40-31-21-18-24(22-35(31)41)23-16-19-25(20-17-23)37-28-10-3-1-8-26(28)27-9-2-4-11-29(27)37/h1-22H. The molecule has 0 saturated carbocycles. The van der Waals surface area contributed by atoms with Crippen LogP contribution >= 0.6 is 7.14 Å². The first-order chi connectivity index (χ1) is 20.2. The van der Waals surface area contributed by atoms with Crippen LogP contribution in [0.5, 0.6) is 23.0 Å². The van der Waals surface area contributed by atoms with Crippen molar-refractivity contribution in [2.75, 3.05) is 0 Å². The average Bonchev–Trinajstić information content (AvgIpc) is 3.36. The summed E-state index contributed by atoms with van der Waals surface area (Å²) in [6, 6.07) is 44.9. The van der Waals surface area contributed by atoms with E-state index in [0.29, 0.717) is 38.9 Å². The molecule has 194 valence electrons. The van der Waals surface area contributed by atoms with E-state index in [1.54, 1.807) is 0 Å². The minimum absolute atomic E-state index is 0.594. The van der Waals surface area contributed by atoms with Gasteiger partial charge in [-0.1, -0.05) is 72.8 Å². The van der Waals surface area contributed by atoms with Crippen LogP contribution in [0.15, 0.2) is 133 Å². The van der Waals surface area contributed by atoms with Crippen LogP contribution in [0.25, 0.3) is 38.6 Å². The van der Waals surface area contributed by atoms with Gasteiger partial charge in [0.15, 0.2) is 7.14 Å². The van der Waals surface area contributed by atoms with Gasteiger partial charge in [0.2, 0.25) is 0 Å². The van der Waals surface area contributed by atoms with Gasteiger partial charge >= 0.3 is 0 Å². The highest BCUT2D eigenvalue weighted by molar-refractivity contribution is 7.86. The molecule has 0 bridgehead atoms. The van der Waals surface area contributed by atoms with Crippen molar-refractivity contribution in [2.24, 2.45) is 0 Å². The number of aromatic nitrogens is 1. The molecule has 0 radical (unpaired) electrons. The molecule has 0 fully saturated rings. The second kappa shape index (κ2) is 8.23. The Bertz CT molecular complexity index is 2180. The second-order valence-corrected chi connectivity index (χ2v) is 13.1. The number of rotatable bonds is 2. The highest BCUT2D eigenvalue weighted by Crippen LogP contribution is 2.58. The Morgan fingerprint density at radius 2 is 1.05 bits per heavy atom. The van der Waals surface area contributed by atoms with Crippen LogP contribution in [0.2, 0.25) is 0 Å². The van der Waals surface area contributed by atoms with Gasteiger partial charge in [-0.05, 0) is 71.8 Å². The van der Waals surface area contributed by atoms with Crippen molar-refractivity contribution in [2.45, 2.75) is 0 Å². The van der Waals surface area contributed by atoms with Gasteiger partial charge in [0.25, 0.3) is 0 Å². The number of nitrogens with zero attached hydrogens (tertiary/aromatic N) is 1. The maximum Gasteiger partial charge on any atom is 0.185 e. The lowest BCUT2D eigenvalue weighted by molar-refractivity contribution is 0.461. The Morgan fingerprint density at radius 3 is 1.76 bits per heavy atom. The van der Waals surface area contributed by atoms with Crippen molar-refractivity contribution in [3.63, 3.8) is 0 Å². The third kappa shape index (κ3) is 3.08. The first-order valence-electron chi connectivity index (χ1n) is 13.6. The number of ether oxygens (including phenoxy) is 2. The Kier molecular flexibility index (Phi) is 4.57. The zero-order valence-electron chi connectivity index (χ0n) is 21.8. The molecule has 0 aliphatic carbocycles. The van der Waals surface area contributed by atoms with Gasteiger partial charge in [-0.15, -0.1) is 0 Å². The molecule has 6 aromatic carbocycles. The molecule has 1 unspecified atom stereocenters. The molecule has 1 aromatic heterocycles. The molecular weight excluding hydrogens is 525 g/mol. The molecule has 0 amide bonds. The Hall–Kier alpha value is -5.05. The zero-order chi connectivity index (χ0) is 27.1. The number of benzene rings is 6. The number of hydrogen-bond acceptors (Lipinski definition) is 3. The molecule has 2 aliphatic heterocycles. The van der Waals surface area contributed by atoms with Gasteiger partial charge in [-0.2, -0.15) is 0 Å². The summed E-state index contributed by atoms with van der Waals surface area (Å²) < 4.78 is 30.0. The van der Waals surface area contributed by atoms with Gasteiger partial charge in [0.05, 0.1) is 21.6 Å². The fourth-order valence-corrected chi connectivity index (χ4v) is 9.50. The summed E-state index contributed by atoms with van der Waals surface area (Å²) in [6.45, 7) is 0. The van der Waals surface area contributed by atoms with E-state index in [1.807, 2.05) is 60.7 Å². The second-order valence-electron chi connectivity index (χ2n) is 10.5. The van der Waals surface area contributed by atoms with Crippen LogP contribution in [0, 0.1) is 0 Å². The van der Waals surface area contributed by atoms with E-state index < -0.39 is 7.14 Å². The van der Waals surface area contributed by atoms with E-state index in [4.69, 9.17) is 9.47 Å². The highest BCUT2D eigenvalue weighted by atomic mass is 31.2. The molecule has 0 saturated heterocycles. The lowest BCUT2D eigenvalue weighted by Gasteiger charge is -2.34. The van der Waals surface area contributed by atoms with Crippen molar-refractivity contribution in [3.8, 4) is 39.8 Å². The van der Waals surface area contributed by atoms with Crippen LogP contribution in [-0.2, 0) is 4.57 Å². The molecule has 3 heterocycles. The zero-order valence-corrected chi connectivity index (χ0v) is 22.7. The third-order valence-corrected chi connectivity index (χ3v) is 11.4. The summed E-state index contributed by atoms with van der Waals surface area (Å²) in [5.41, 5.74) is 5.49. The highest BCUT2D eigenvalue weighted by Gasteiger charge is 2.46. The predicted octanol–water partition coefficient (Wildman–Crippen LogP) is 8.30. The van der Waals surface area contributed by atoms with E-state index in [-0.39, 0.29) is 0 Å². The normalized spacial score (nSPS) is 16.4. The van der Waals surface area contributed by atoms with Crippen LogP contribution in [0.4, 0.5) is 0 Å². The predicted molar refractivity (Wildman–Crippen MR) is 166 cm³/mol. The molecular formula is C36H22NO3P. The summed E-state index contributed by atoms with van der Waals surface area (Å²) in [5.74, 6) is 2.45. The fraction of sp³-hybridized carbons (Fsp3) is 0. The average molecular weight is 548 g/mol. The summed E-state index contributed by atoms with van der Waals surface area (Å²) in [6.07, 6.45) is 0. The third-order valence-electron chi connectivity index (χ3n) is 8.26. The van der Waals surface area contributed by atoms with Crippen molar-refractivity contribution in [1.82, 2.24) is 4.57 Å². The molecule has 0 N–H and O–H groups in total.